The number of carbonyl (C=O) groups excluding carboxylic acids is 1. The predicted octanol–water partition coefficient (Wildman–Crippen LogP) is 4.35. The molecule has 0 aliphatic carbocycles. The number of hydrogen-bond donors (Lipinski definition) is 3. The number of anilines is 3. The number of hydrogen-bond acceptors (Lipinski definition) is 7. The minimum absolute atomic E-state index is 0.0104. The number of carbonyl (C=O) groups is 1. The molecule has 9 nitrogen and oxygen atoms in total. The maximum Gasteiger partial charge on any atom is 0.355 e. The van der Waals surface area contributed by atoms with E-state index in [-0.39, 0.29) is 17.3 Å². The third-order valence-corrected chi connectivity index (χ3v) is 4.73. The van der Waals surface area contributed by atoms with Crippen LogP contribution >= 0.6 is 0 Å². The van der Waals surface area contributed by atoms with Crippen LogP contribution in [0.4, 0.5) is 23.0 Å². The van der Waals surface area contributed by atoms with E-state index in [9.17, 15) is 14.9 Å². The van der Waals surface area contributed by atoms with Gasteiger partial charge < -0.3 is 5.32 Å². The van der Waals surface area contributed by atoms with E-state index in [0.29, 0.717) is 11.3 Å². The first-order valence-electron chi connectivity index (χ1n) is 9.41. The summed E-state index contributed by atoms with van der Waals surface area (Å²) in [6, 6.07) is 20.2. The second-order valence-corrected chi connectivity index (χ2v) is 6.72. The van der Waals surface area contributed by atoms with Crippen molar-refractivity contribution < 1.29 is 9.72 Å². The highest BCUT2D eigenvalue weighted by Gasteiger charge is 2.24. The lowest BCUT2D eigenvalue weighted by molar-refractivity contribution is -0.383. The van der Waals surface area contributed by atoms with Crippen LogP contribution in [0.15, 0.2) is 73.1 Å². The third-order valence-electron chi connectivity index (χ3n) is 4.73. The van der Waals surface area contributed by atoms with E-state index >= 15 is 0 Å². The molecule has 0 saturated heterocycles. The molecule has 0 atom stereocenters. The van der Waals surface area contributed by atoms with Crippen molar-refractivity contribution in [3.05, 3.63) is 94.3 Å². The standard InChI is InChI=1S/C22H18N6O3/c1-14-7-2-5-12-18(14)25-20-19(28(30)31)21(24-13-23-20)26-27-22(29)17-11-6-9-15-8-3-4-10-16(15)17/h2-13H,1H3,(H,27,29)(H2,23,24,25,26). The Morgan fingerprint density at radius 3 is 2.45 bits per heavy atom. The number of nitro groups is 1. The number of hydrazine groups is 1. The van der Waals surface area contributed by atoms with Crippen LogP contribution < -0.4 is 16.2 Å². The molecule has 0 bridgehead atoms. The lowest BCUT2D eigenvalue weighted by Gasteiger charge is -2.12. The van der Waals surface area contributed by atoms with Gasteiger partial charge in [-0.2, -0.15) is 0 Å². The smallest absolute Gasteiger partial charge is 0.334 e. The van der Waals surface area contributed by atoms with E-state index in [1.54, 1.807) is 18.2 Å². The van der Waals surface area contributed by atoms with E-state index in [1.165, 1.54) is 6.33 Å². The Morgan fingerprint density at radius 2 is 1.65 bits per heavy atom. The number of fused-ring (bicyclic) bond motifs is 1. The Hall–Kier alpha value is -4.53. The second kappa shape index (κ2) is 8.46. The summed E-state index contributed by atoms with van der Waals surface area (Å²) < 4.78 is 0. The number of rotatable bonds is 6. The summed E-state index contributed by atoms with van der Waals surface area (Å²) in [5.41, 5.74) is 6.68. The zero-order valence-electron chi connectivity index (χ0n) is 16.5. The van der Waals surface area contributed by atoms with E-state index in [2.05, 4.69) is 26.1 Å². The van der Waals surface area contributed by atoms with Crippen molar-refractivity contribution in [2.75, 3.05) is 10.7 Å². The zero-order chi connectivity index (χ0) is 21.8. The molecule has 9 heteroatoms. The summed E-state index contributed by atoms with van der Waals surface area (Å²) in [5, 5.41) is 16.4. The van der Waals surface area contributed by atoms with Gasteiger partial charge in [-0.15, -0.1) is 0 Å². The highest BCUT2D eigenvalue weighted by atomic mass is 16.6. The van der Waals surface area contributed by atoms with Gasteiger partial charge in [0.25, 0.3) is 5.91 Å². The number of amides is 1. The topological polar surface area (TPSA) is 122 Å². The Morgan fingerprint density at radius 1 is 0.935 bits per heavy atom. The van der Waals surface area contributed by atoms with Gasteiger partial charge in [0.15, 0.2) is 0 Å². The molecule has 3 N–H and O–H groups in total. The van der Waals surface area contributed by atoms with Crippen LogP contribution in [0.5, 0.6) is 0 Å². The van der Waals surface area contributed by atoms with Gasteiger partial charge in [0.05, 0.1) is 4.92 Å². The summed E-state index contributed by atoms with van der Waals surface area (Å²) >= 11 is 0. The molecule has 0 aliphatic heterocycles. The van der Waals surface area contributed by atoms with E-state index in [4.69, 9.17) is 0 Å². The molecule has 0 fully saturated rings. The van der Waals surface area contributed by atoms with Crippen LogP contribution in [0, 0.1) is 17.0 Å². The van der Waals surface area contributed by atoms with Gasteiger partial charge >= 0.3 is 5.69 Å². The highest BCUT2D eigenvalue weighted by molar-refractivity contribution is 6.07. The number of benzene rings is 3. The lowest BCUT2D eigenvalue weighted by Crippen LogP contribution is -2.30. The van der Waals surface area contributed by atoms with Gasteiger partial charge in [0.2, 0.25) is 11.6 Å². The molecule has 0 aliphatic rings. The number of aromatic nitrogens is 2. The first-order valence-corrected chi connectivity index (χ1v) is 9.41. The van der Waals surface area contributed by atoms with Gasteiger partial charge in [-0.05, 0) is 35.4 Å². The summed E-state index contributed by atoms with van der Waals surface area (Å²) in [6.07, 6.45) is 1.18. The van der Waals surface area contributed by atoms with E-state index < -0.39 is 10.8 Å². The average Bonchev–Trinajstić information content (AvgIpc) is 2.78. The SMILES string of the molecule is Cc1ccccc1Nc1ncnc(NNC(=O)c2cccc3ccccc23)c1[N+](=O)[O-]. The van der Waals surface area contributed by atoms with E-state index in [1.807, 2.05) is 55.5 Å². The monoisotopic (exact) mass is 414 g/mol. The molecular weight excluding hydrogens is 396 g/mol. The van der Waals surface area contributed by atoms with Crippen molar-refractivity contribution in [1.82, 2.24) is 15.4 Å². The van der Waals surface area contributed by atoms with Crippen LogP contribution in [0.2, 0.25) is 0 Å². The molecular formula is C22H18N6O3. The molecule has 154 valence electrons. The van der Waals surface area contributed by atoms with Crippen LogP contribution in [0.3, 0.4) is 0 Å². The number of para-hydroxylation sites is 1. The quantitative estimate of drug-likeness (QED) is 0.317. The van der Waals surface area contributed by atoms with Crippen molar-refractivity contribution in [3.8, 4) is 0 Å². The molecule has 0 radical (unpaired) electrons. The largest absolute Gasteiger partial charge is 0.355 e. The van der Waals surface area contributed by atoms with Gasteiger partial charge in [0.1, 0.15) is 6.33 Å². The highest BCUT2D eigenvalue weighted by Crippen LogP contribution is 2.31. The zero-order valence-corrected chi connectivity index (χ0v) is 16.5. The Balaban J connectivity index is 1.60. The molecule has 1 amide bonds. The van der Waals surface area contributed by atoms with Gasteiger partial charge in [-0.1, -0.05) is 54.6 Å². The molecule has 4 aromatic rings. The van der Waals surface area contributed by atoms with Crippen molar-refractivity contribution in [2.24, 2.45) is 0 Å². The Bertz CT molecular complexity index is 1290. The van der Waals surface area contributed by atoms with Crippen LogP contribution in [0.1, 0.15) is 15.9 Å². The lowest BCUT2D eigenvalue weighted by atomic mass is 10.0. The third kappa shape index (κ3) is 4.10. The van der Waals surface area contributed by atoms with Crippen LogP contribution in [-0.2, 0) is 0 Å². The van der Waals surface area contributed by atoms with Crippen molar-refractivity contribution in [2.45, 2.75) is 6.92 Å². The molecule has 0 saturated carbocycles. The molecule has 0 unspecified atom stereocenters. The number of aryl methyl sites for hydroxylation is 1. The first-order chi connectivity index (χ1) is 15.0. The Labute approximate surface area is 177 Å². The van der Waals surface area contributed by atoms with Crippen molar-refractivity contribution in [3.63, 3.8) is 0 Å². The van der Waals surface area contributed by atoms with Crippen molar-refractivity contribution in [1.29, 1.82) is 0 Å². The van der Waals surface area contributed by atoms with Crippen LogP contribution in [-0.4, -0.2) is 20.8 Å². The number of nitrogens with zero attached hydrogens (tertiary/aromatic N) is 3. The fourth-order valence-corrected chi connectivity index (χ4v) is 3.18. The Kier molecular flexibility index (Phi) is 5.39. The normalized spacial score (nSPS) is 10.5. The van der Waals surface area contributed by atoms with Crippen LogP contribution in [0.25, 0.3) is 10.8 Å². The van der Waals surface area contributed by atoms with E-state index in [0.717, 1.165) is 16.3 Å². The summed E-state index contributed by atoms with van der Waals surface area (Å²) in [5.74, 6) is -0.570. The molecule has 31 heavy (non-hydrogen) atoms. The summed E-state index contributed by atoms with van der Waals surface area (Å²) in [7, 11) is 0. The first kappa shape index (κ1) is 19.8. The average molecular weight is 414 g/mol. The molecule has 3 aromatic carbocycles. The maximum atomic E-state index is 12.7. The fraction of sp³-hybridized carbons (Fsp3) is 0.0455. The summed E-state index contributed by atoms with van der Waals surface area (Å²) in [6.45, 7) is 1.87. The molecule has 1 aromatic heterocycles. The molecule has 1 heterocycles. The van der Waals surface area contributed by atoms with Gasteiger partial charge in [0, 0.05) is 11.3 Å². The predicted molar refractivity (Wildman–Crippen MR) is 118 cm³/mol. The minimum Gasteiger partial charge on any atom is -0.334 e. The van der Waals surface area contributed by atoms with Gasteiger partial charge in [-0.3, -0.25) is 25.8 Å². The molecule has 4 rings (SSSR count). The van der Waals surface area contributed by atoms with Gasteiger partial charge in [-0.25, -0.2) is 9.97 Å². The molecule has 0 spiro atoms. The summed E-state index contributed by atoms with van der Waals surface area (Å²) in [4.78, 5) is 31.8. The second-order valence-electron chi connectivity index (χ2n) is 6.72. The number of nitrogens with one attached hydrogen (secondary N) is 3. The fourth-order valence-electron chi connectivity index (χ4n) is 3.18. The van der Waals surface area contributed by atoms with Crippen molar-refractivity contribution >= 4 is 39.7 Å². The minimum atomic E-state index is -0.604. The maximum absolute atomic E-state index is 12.7.